The molecule has 21 heavy (non-hydrogen) atoms. The number of pyridine rings is 1. The van der Waals surface area contributed by atoms with Crippen LogP contribution in [0.15, 0.2) is 30.7 Å². The van der Waals surface area contributed by atoms with E-state index < -0.39 is 0 Å². The first kappa shape index (κ1) is 14.8. The van der Waals surface area contributed by atoms with Crippen molar-refractivity contribution in [2.24, 2.45) is 7.05 Å². The van der Waals surface area contributed by atoms with Gasteiger partial charge in [-0.2, -0.15) is 5.10 Å². The molecule has 0 saturated carbocycles. The third kappa shape index (κ3) is 4.16. The van der Waals surface area contributed by atoms with Crippen LogP contribution in [-0.2, 0) is 13.5 Å². The summed E-state index contributed by atoms with van der Waals surface area (Å²) >= 11 is 0. The molecule has 0 aromatic carbocycles. The smallest absolute Gasteiger partial charge is 0.252 e. The number of hydrogen-bond donors (Lipinski definition) is 2. The Morgan fingerprint density at radius 1 is 1.48 bits per heavy atom. The molecule has 0 aliphatic rings. The fourth-order valence-corrected chi connectivity index (χ4v) is 1.83. The summed E-state index contributed by atoms with van der Waals surface area (Å²) in [5.41, 5.74) is 2.10. The van der Waals surface area contributed by atoms with Crippen LogP contribution in [0.25, 0.3) is 0 Å². The van der Waals surface area contributed by atoms with Gasteiger partial charge >= 0.3 is 0 Å². The van der Waals surface area contributed by atoms with E-state index in [9.17, 15) is 4.79 Å². The third-order valence-electron chi connectivity index (χ3n) is 2.90. The summed E-state index contributed by atoms with van der Waals surface area (Å²) in [5, 5.41) is 15.6. The van der Waals surface area contributed by atoms with Crippen LogP contribution in [0.1, 0.15) is 21.6 Å². The minimum Gasteiger partial charge on any atom is -0.384 e. The van der Waals surface area contributed by atoms with Crippen molar-refractivity contribution < 1.29 is 9.90 Å². The van der Waals surface area contributed by atoms with E-state index in [1.165, 1.54) is 6.20 Å². The van der Waals surface area contributed by atoms with Crippen molar-refractivity contribution in [3.63, 3.8) is 0 Å². The van der Waals surface area contributed by atoms with E-state index in [1.54, 1.807) is 23.1 Å². The summed E-state index contributed by atoms with van der Waals surface area (Å²) in [6, 6.07) is 3.56. The highest BCUT2D eigenvalue weighted by atomic mass is 16.2. The molecule has 6 nitrogen and oxygen atoms in total. The number of carbonyl (C=O) groups is 1. The number of hydrogen-bond acceptors (Lipinski definition) is 4. The first-order valence-electron chi connectivity index (χ1n) is 6.50. The number of nitrogens with zero attached hydrogens (tertiary/aromatic N) is 3. The average Bonchev–Trinajstić information content (AvgIpc) is 2.91. The molecule has 0 saturated heterocycles. The molecule has 0 spiro atoms. The van der Waals surface area contributed by atoms with Gasteiger partial charge in [-0.1, -0.05) is 11.8 Å². The molecule has 0 atom stereocenters. The number of aliphatic hydroxyl groups is 1. The second kappa shape index (κ2) is 7.22. The Hall–Kier alpha value is -2.65. The Kier molecular flexibility index (Phi) is 5.07. The highest BCUT2D eigenvalue weighted by Crippen LogP contribution is 2.02. The maximum Gasteiger partial charge on any atom is 0.252 e. The number of amides is 1. The number of rotatable bonds is 4. The van der Waals surface area contributed by atoms with Crippen molar-refractivity contribution >= 4 is 5.91 Å². The van der Waals surface area contributed by atoms with Crippen LogP contribution in [0.3, 0.4) is 0 Å². The van der Waals surface area contributed by atoms with Crippen LogP contribution in [0.2, 0.25) is 0 Å². The predicted octanol–water partition coefficient (Wildman–Crippen LogP) is 0.131. The molecule has 2 aromatic heterocycles. The molecule has 1 amide bonds. The minimum atomic E-state index is -0.221. The van der Waals surface area contributed by atoms with Crippen LogP contribution in [0.4, 0.5) is 0 Å². The van der Waals surface area contributed by atoms with Gasteiger partial charge in [0.15, 0.2) is 0 Å². The Morgan fingerprint density at radius 2 is 2.33 bits per heavy atom. The van der Waals surface area contributed by atoms with Gasteiger partial charge < -0.3 is 10.4 Å². The lowest BCUT2D eigenvalue weighted by Gasteiger charge is -2.05. The molecule has 2 aromatic rings. The second-order valence-electron chi connectivity index (χ2n) is 4.37. The van der Waals surface area contributed by atoms with Crippen molar-refractivity contribution in [3.05, 3.63) is 47.5 Å². The van der Waals surface area contributed by atoms with Gasteiger partial charge in [-0.05, 0) is 12.1 Å². The second-order valence-corrected chi connectivity index (χ2v) is 4.37. The van der Waals surface area contributed by atoms with E-state index in [0.29, 0.717) is 24.1 Å². The Balaban J connectivity index is 1.92. The summed E-state index contributed by atoms with van der Waals surface area (Å²) in [6.07, 6.45) is 5.47. The van der Waals surface area contributed by atoms with E-state index >= 15 is 0 Å². The number of aliphatic hydroxyl groups excluding tert-OH is 1. The summed E-state index contributed by atoms with van der Waals surface area (Å²) in [6.45, 7) is 0.298. The van der Waals surface area contributed by atoms with E-state index in [0.717, 1.165) is 5.69 Å². The molecule has 2 N–H and O–H groups in total. The molecule has 2 rings (SSSR count). The van der Waals surface area contributed by atoms with Crippen molar-refractivity contribution in [1.82, 2.24) is 20.1 Å². The quantitative estimate of drug-likeness (QED) is 0.782. The fourth-order valence-electron chi connectivity index (χ4n) is 1.83. The van der Waals surface area contributed by atoms with Gasteiger partial charge in [0.05, 0.1) is 5.56 Å². The summed E-state index contributed by atoms with van der Waals surface area (Å²) in [5.74, 6) is 5.05. The Labute approximate surface area is 122 Å². The molecular formula is C15H16N4O2. The van der Waals surface area contributed by atoms with Crippen LogP contribution in [0.5, 0.6) is 0 Å². The molecule has 0 bridgehead atoms. The molecule has 0 unspecified atom stereocenters. The highest BCUT2D eigenvalue weighted by molar-refractivity contribution is 5.94. The zero-order valence-electron chi connectivity index (χ0n) is 11.7. The molecule has 0 radical (unpaired) electrons. The van der Waals surface area contributed by atoms with Gasteiger partial charge in [0.25, 0.3) is 5.91 Å². The largest absolute Gasteiger partial charge is 0.384 e. The number of nitrogens with one attached hydrogen (secondary N) is 1. The molecule has 6 heteroatoms. The van der Waals surface area contributed by atoms with Gasteiger partial charge in [-0.3, -0.25) is 14.5 Å². The van der Waals surface area contributed by atoms with Crippen molar-refractivity contribution in [2.45, 2.75) is 6.42 Å². The SMILES string of the molecule is Cn1nccc1CCNC(=O)c1cncc(C#CCO)c1. The lowest BCUT2D eigenvalue weighted by Crippen LogP contribution is -2.26. The molecular weight excluding hydrogens is 268 g/mol. The molecule has 2 heterocycles. The van der Waals surface area contributed by atoms with E-state index in [4.69, 9.17) is 5.11 Å². The zero-order valence-corrected chi connectivity index (χ0v) is 11.7. The summed E-state index contributed by atoms with van der Waals surface area (Å²) in [7, 11) is 1.87. The lowest BCUT2D eigenvalue weighted by atomic mass is 10.2. The fraction of sp³-hybridized carbons (Fsp3) is 0.267. The molecule has 0 aliphatic carbocycles. The van der Waals surface area contributed by atoms with Crippen LogP contribution >= 0.6 is 0 Å². The minimum absolute atomic E-state index is 0.197. The van der Waals surface area contributed by atoms with Gasteiger partial charge in [0.2, 0.25) is 0 Å². The Bertz CT molecular complexity index is 682. The number of aryl methyl sites for hydroxylation is 1. The van der Waals surface area contributed by atoms with E-state index in [-0.39, 0.29) is 12.5 Å². The average molecular weight is 284 g/mol. The summed E-state index contributed by atoms with van der Waals surface area (Å²) < 4.78 is 1.78. The lowest BCUT2D eigenvalue weighted by molar-refractivity contribution is 0.0953. The van der Waals surface area contributed by atoms with Gasteiger partial charge in [0.1, 0.15) is 6.61 Å². The van der Waals surface area contributed by atoms with E-state index in [1.807, 2.05) is 13.1 Å². The van der Waals surface area contributed by atoms with Crippen molar-refractivity contribution in [1.29, 1.82) is 0 Å². The standard InChI is InChI=1S/C15H16N4O2/c1-19-14(5-7-18-19)4-6-17-15(21)13-9-12(3-2-8-20)10-16-11-13/h5,7,9-11,20H,4,6,8H2,1H3,(H,17,21). The van der Waals surface area contributed by atoms with Crippen LogP contribution < -0.4 is 5.32 Å². The van der Waals surface area contributed by atoms with Crippen molar-refractivity contribution in [2.75, 3.05) is 13.2 Å². The van der Waals surface area contributed by atoms with Gasteiger partial charge in [0, 0.05) is 49.9 Å². The normalized spacial score (nSPS) is 9.81. The maximum absolute atomic E-state index is 12.0. The molecule has 108 valence electrons. The summed E-state index contributed by atoms with van der Waals surface area (Å²) in [4.78, 5) is 16.0. The molecule has 0 fully saturated rings. The monoisotopic (exact) mass is 284 g/mol. The third-order valence-corrected chi connectivity index (χ3v) is 2.90. The van der Waals surface area contributed by atoms with Gasteiger partial charge in [-0.25, -0.2) is 0 Å². The zero-order chi connectivity index (χ0) is 15.1. The van der Waals surface area contributed by atoms with Crippen molar-refractivity contribution in [3.8, 4) is 11.8 Å². The first-order valence-corrected chi connectivity index (χ1v) is 6.50. The number of carbonyl (C=O) groups excluding carboxylic acids is 1. The Morgan fingerprint density at radius 3 is 3.05 bits per heavy atom. The van der Waals surface area contributed by atoms with E-state index in [2.05, 4.69) is 27.2 Å². The van der Waals surface area contributed by atoms with Crippen LogP contribution in [0, 0.1) is 11.8 Å². The first-order chi connectivity index (χ1) is 10.2. The predicted molar refractivity (Wildman–Crippen MR) is 77.4 cm³/mol. The van der Waals surface area contributed by atoms with Gasteiger partial charge in [-0.15, -0.1) is 0 Å². The highest BCUT2D eigenvalue weighted by Gasteiger charge is 2.06. The molecule has 0 aliphatic heterocycles. The maximum atomic E-state index is 12.0. The number of aromatic nitrogens is 3. The van der Waals surface area contributed by atoms with Crippen LogP contribution in [-0.4, -0.2) is 38.9 Å². The topological polar surface area (TPSA) is 80.0 Å².